The van der Waals surface area contributed by atoms with Crippen LogP contribution >= 0.6 is 0 Å². The molecule has 0 aliphatic rings. The first kappa shape index (κ1) is 22.2. The van der Waals surface area contributed by atoms with Gasteiger partial charge in [0, 0.05) is 34.8 Å². The van der Waals surface area contributed by atoms with E-state index in [1.54, 1.807) is 20.8 Å². The van der Waals surface area contributed by atoms with Gasteiger partial charge in [-0.3, -0.25) is 9.97 Å². The highest BCUT2D eigenvalue weighted by Crippen LogP contribution is 2.39. The lowest BCUT2D eigenvalue weighted by atomic mass is 9.80. The summed E-state index contributed by atoms with van der Waals surface area (Å²) >= 11 is 0. The maximum Gasteiger partial charge on any atom is 0.418 e. The number of pyridine rings is 2. The van der Waals surface area contributed by atoms with E-state index < -0.39 is 34.3 Å². The third-order valence-electron chi connectivity index (χ3n) is 4.35. The van der Waals surface area contributed by atoms with Crippen molar-refractivity contribution in [2.45, 2.75) is 64.2 Å². The van der Waals surface area contributed by atoms with Crippen molar-refractivity contribution in [2.75, 3.05) is 0 Å². The van der Waals surface area contributed by atoms with Crippen LogP contribution in [-0.2, 0) is 29.6 Å². The third kappa shape index (κ3) is 5.02. The Morgan fingerprint density at radius 1 is 0.857 bits per heavy atom. The number of alkyl halides is 6. The standard InChI is InChI=1S/C20H22F6N2/c1-17(2,3)15-10-12(19(21,22)23)9-13(28-15)11-18(4,5)16-14(20(24,25)26)7-6-8-27-16/h6-10H,11H2,1-5H3. The van der Waals surface area contributed by atoms with E-state index >= 15 is 0 Å². The minimum absolute atomic E-state index is 0.0727. The van der Waals surface area contributed by atoms with Gasteiger partial charge in [0.25, 0.3) is 0 Å². The Labute approximate surface area is 160 Å². The summed E-state index contributed by atoms with van der Waals surface area (Å²) in [7, 11) is 0. The molecule has 0 spiro atoms. The van der Waals surface area contributed by atoms with Crippen LogP contribution in [0.25, 0.3) is 0 Å². The second kappa shape index (κ2) is 7.04. The van der Waals surface area contributed by atoms with Gasteiger partial charge in [-0.1, -0.05) is 34.6 Å². The molecule has 28 heavy (non-hydrogen) atoms. The zero-order valence-electron chi connectivity index (χ0n) is 16.3. The molecule has 0 fully saturated rings. The number of rotatable bonds is 3. The Morgan fingerprint density at radius 3 is 1.96 bits per heavy atom. The van der Waals surface area contributed by atoms with E-state index in [1.165, 1.54) is 26.1 Å². The monoisotopic (exact) mass is 404 g/mol. The van der Waals surface area contributed by atoms with Gasteiger partial charge >= 0.3 is 12.4 Å². The molecule has 0 aliphatic heterocycles. The fourth-order valence-corrected chi connectivity index (χ4v) is 2.94. The zero-order valence-corrected chi connectivity index (χ0v) is 16.3. The van der Waals surface area contributed by atoms with E-state index in [9.17, 15) is 26.3 Å². The Morgan fingerprint density at radius 2 is 1.46 bits per heavy atom. The molecule has 0 unspecified atom stereocenters. The van der Waals surface area contributed by atoms with Gasteiger partial charge in [-0.05, 0) is 24.3 Å². The molecular weight excluding hydrogens is 382 g/mol. The second-order valence-corrected chi connectivity index (χ2v) is 8.44. The molecule has 2 aromatic heterocycles. The van der Waals surface area contributed by atoms with Gasteiger partial charge in [0.15, 0.2) is 0 Å². The number of hydrogen-bond acceptors (Lipinski definition) is 2. The summed E-state index contributed by atoms with van der Waals surface area (Å²) in [5, 5.41) is 0. The maximum absolute atomic E-state index is 13.4. The van der Waals surface area contributed by atoms with E-state index in [-0.39, 0.29) is 23.5 Å². The van der Waals surface area contributed by atoms with Crippen LogP contribution in [-0.4, -0.2) is 9.97 Å². The topological polar surface area (TPSA) is 25.8 Å². The van der Waals surface area contributed by atoms with E-state index in [2.05, 4.69) is 9.97 Å². The molecule has 2 nitrogen and oxygen atoms in total. The average molecular weight is 404 g/mol. The lowest BCUT2D eigenvalue weighted by molar-refractivity contribution is -0.139. The van der Waals surface area contributed by atoms with Crippen molar-refractivity contribution in [1.82, 2.24) is 9.97 Å². The molecule has 0 amide bonds. The summed E-state index contributed by atoms with van der Waals surface area (Å²) in [6.45, 7) is 8.22. The summed E-state index contributed by atoms with van der Waals surface area (Å²) in [4.78, 5) is 8.20. The van der Waals surface area contributed by atoms with Crippen molar-refractivity contribution < 1.29 is 26.3 Å². The molecule has 0 saturated carbocycles. The Balaban J connectivity index is 2.56. The summed E-state index contributed by atoms with van der Waals surface area (Å²) in [6.07, 6.45) is -8.07. The van der Waals surface area contributed by atoms with Crippen molar-refractivity contribution in [2.24, 2.45) is 0 Å². The molecule has 0 atom stereocenters. The highest BCUT2D eigenvalue weighted by atomic mass is 19.4. The highest BCUT2D eigenvalue weighted by molar-refractivity contribution is 5.33. The predicted molar refractivity (Wildman–Crippen MR) is 93.9 cm³/mol. The first-order valence-electron chi connectivity index (χ1n) is 8.63. The summed E-state index contributed by atoms with van der Waals surface area (Å²) < 4.78 is 80.0. The number of aromatic nitrogens is 2. The SMILES string of the molecule is CC(C)(C)c1cc(C(F)(F)F)cc(CC(C)(C)c2ncccc2C(F)(F)F)n1. The quantitative estimate of drug-likeness (QED) is 0.559. The van der Waals surface area contributed by atoms with Crippen LogP contribution in [0.5, 0.6) is 0 Å². The first-order valence-corrected chi connectivity index (χ1v) is 8.63. The Bertz CT molecular complexity index is 813. The van der Waals surface area contributed by atoms with Gasteiger partial charge in [0.05, 0.1) is 16.8 Å². The zero-order chi connectivity index (χ0) is 21.5. The molecule has 8 heteroatoms. The number of halogens is 6. The molecule has 0 bridgehead atoms. The smallest absolute Gasteiger partial charge is 0.260 e. The summed E-state index contributed by atoms with van der Waals surface area (Å²) in [5.74, 6) is 0. The molecule has 0 N–H and O–H groups in total. The molecule has 2 heterocycles. The molecule has 0 radical (unpaired) electrons. The molecule has 0 saturated heterocycles. The first-order chi connectivity index (χ1) is 12.5. The molecular formula is C20H22F6N2. The van der Waals surface area contributed by atoms with Crippen LogP contribution in [0.4, 0.5) is 26.3 Å². The lowest BCUT2D eigenvalue weighted by Gasteiger charge is -2.28. The van der Waals surface area contributed by atoms with Crippen LogP contribution < -0.4 is 0 Å². The largest absolute Gasteiger partial charge is 0.418 e. The molecule has 0 aromatic carbocycles. The summed E-state index contributed by atoms with van der Waals surface area (Å²) in [5.41, 5.74) is -3.52. The minimum atomic E-state index is -4.61. The van der Waals surface area contributed by atoms with Gasteiger partial charge in [-0.25, -0.2) is 0 Å². The van der Waals surface area contributed by atoms with E-state index in [4.69, 9.17) is 0 Å². The fraction of sp³-hybridized carbons (Fsp3) is 0.500. The van der Waals surface area contributed by atoms with Crippen molar-refractivity contribution in [3.05, 3.63) is 58.7 Å². The summed E-state index contributed by atoms with van der Waals surface area (Å²) in [6, 6.07) is 3.98. The third-order valence-corrected chi connectivity index (χ3v) is 4.35. The van der Waals surface area contributed by atoms with Crippen LogP contribution in [0.2, 0.25) is 0 Å². The van der Waals surface area contributed by atoms with E-state index in [1.807, 2.05) is 0 Å². The van der Waals surface area contributed by atoms with Crippen molar-refractivity contribution in [3.63, 3.8) is 0 Å². The maximum atomic E-state index is 13.4. The van der Waals surface area contributed by atoms with Gasteiger partial charge in [0.2, 0.25) is 0 Å². The number of hydrogen-bond donors (Lipinski definition) is 0. The van der Waals surface area contributed by atoms with Crippen LogP contribution in [0, 0.1) is 0 Å². The van der Waals surface area contributed by atoms with Crippen molar-refractivity contribution in [3.8, 4) is 0 Å². The Hall–Kier alpha value is -2.12. The van der Waals surface area contributed by atoms with Gasteiger partial charge in [-0.2, -0.15) is 26.3 Å². The van der Waals surface area contributed by atoms with Crippen LogP contribution in [0.1, 0.15) is 62.8 Å². The van der Waals surface area contributed by atoms with Crippen LogP contribution in [0.15, 0.2) is 30.5 Å². The molecule has 2 aromatic rings. The molecule has 2 rings (SSSR count). The fourth-order valence-electron chi connectivity index (χ4n) is 2.94. The van der Waals surface area contributed by atoms with Gasteiger partial charge < -0.3 is 0 Å². The van der Waals surface area contributed by atoms with E-state index in [0.29, 0.717) is 0 Å². The van der Waals surface area contributed by atoms with Gasteiger partial charge in [0.1, 0.15) is 0 Å². The predicted octanol–water partition coefficient (Wildman–Crippen LogP) is 6.33. The average Bonchev–Trinajstić information content (AvgIpc) is 2.51. The molecule has 0 aliphatic carbocycles. The van der Waals surface area contributed by atoms with Gasteiger partial charge in [-0.15, -0.1) is 0 Å². The number of nitrogens with zero attached hydrogens (tertiary/aromatic N) is 2. The Kier molecular flexibility index (Phi) is 5.58. The highest BCUT2D eigenvalue weighted by Gasteiger charge is 2.39. The minimum Gasteiger partial charge on any atom is -0.260 e. The molecule has 154 valence electrons. The second-order valence-electron chi connectivity index (χ2n) is 8.44. The van der Waals surface area contributed by atoms with Crippen molar-refractivity contribution >= 4 is 0 Å². The lowest BCUT2D eigenvalue weighted by Crippen LogP contribution is -2.28. The van der Waals surface area contributed by atoms with Crippen LogP contribution in [0.3, 0.4) is 0 Å². The normalized spacial score (nSPS) is 13.7. The van der Waals surface area contributed by atoms with E-state index in [0.717, 1.165) is 18.2 Å². The van der Waals surface area contributed by atoms with Crippen molar-refractivity contribution in [1.29, 1.82) is 0 Å².